The Morgan fingerprint density at radius 2 is 1.75 bits per heavy atom. The minimum Gasteiger partial charge on any atom is -0.490 e. The molecule has 3 rings (SSSR count). The molecule has 0 unspecified atom stereocenters. The first kappa shape index (κ1) is 17.0. The van der Waals surface area contributed by atoms with Crippen molar-refractivity contribution in [2.24, 2.45) is 0 Å². The number of aromatic nitrogens is 2. The first-order valence-corrected chi connectivity index (χ1v) is 9.14. The van der Waals surface area contributed by atoms with E-state index in [1.165, 1.54) is 6.42 Å². The van der Waals surface area contributed by atoms with Crippen LogP contribution >= 0.6 is 12.2 Å². The lowest BCUT2D eigenvalue weighted by Crippen LogP contribution is -2.28. The van der Waals surface area contributed by atoms with Gasteiger partial charge in [0.2, 0.25) is 0 Å². The number of nitrogens with zero attached hydrogens (tertiary/aromatic N) is 1. The van der Waals surface area contributed by atoms with Crippen LogP contribution in [-0.4, -0.2) is 22.8 Å². The van der Waals surface area contributed by atoms with Gasteiger partial charge < -0.3 is 14.5 Å². The highest BCUT2D eigenvalue weighted by Crippen LogP contribution is 2.32. The number of ether oxygens (including phenoxy) is 2. The van der Waals surface area contributed by atoms with Gasteiger partial charge in [0.1, 0.15) is 0 Å². The largest absolute Gasteiger partial charge is 0.490 e. The van der Waals surface area contributed by atoms with Gasteiger partial charge in [-0.3, -0.25) is 9.36 Å². The lowest BCUT2D eigenvalue weighted by atomic mass is 9.95. The average Bonchev–Trinajstić information content (AvgIpc) is 2.57. The normalized spacial score (nSPS) is 15.6. The van der Waals surface area contributed by atoms with E-state index in [1.54, 1.807) is 10.6 Å². The van der Waals surface area contributed by atoms with Crippen LogP contribution in [0, 0.1) is 4.77 Å². The summed E-state index contributed by atoms with van der Waals surface area (Å²) < 4.78 is 13.5. The first-order valence-electron chi connectivity index (χ1n) is 8.73. The second-order valence-corrected chi connectivity index (χ2v) is 6.49. The van der Waals surface area contributed by atoms with E-state index in [1.807, 2.05) is 19.9 Å². The minimum absolute atomic E-state index is 0.0374. The first-order chi connectivity index (χ1) is 11.7. The van der Waals surface area contributed by atoms with Crippen LogP contribution < -0.4 is 15.0 Å². The maximum Gasteiger partial charge on any atom is 0.262 e. The molecular weight excluding hydrogens is 324 g/mol. The quantitative estimate of drug-likeness (QED) is 0.816. The molecule has 24 heavy (non-hydrogen) atoms. The van der Waals surface area contributed by atoms with Crippen LogP contribution in [0.15, 0.2) is 16.9 Å². The molecule has 1 fully saturated rings. The second-order valence-electron chi connectivity index (χ2n) is 6.11. The van der Waals surface area contributed by atoms with Crippen molar-refractivity contribution < 1.29 is 9.47 Å². The molecule has 2 aromatic rings. The van der Waals surface area contributed by atoms with Crippen molar-refractivity contribution in [3.63, 3.8) is 0 Å². The highest BCUT2D eigenvalue weighted by molar-refractivity contribution is 7.71. The fourth-order valence-electron chi connectivity index (χ4n) is 3.45. The number of H-pyrrole nitrogens is 1. The maximum atomic E-state index is 13.1. The Morgan fingerprint density at radius 1 is 1.12 bits per heavy atom. The summed E-state index contributed by atoms with van der Waals surface area (Å²) >= 11 is 5.48. The molecule has 1 aliphatic rings. The van der Waals surface area contributed by atoms with E-state index < -0.39 is 0 Å². The van der Waals surface area contributed by atoms with Crippen molar-refractivity contribution >= 4 is 23.1 Å². The molecule has 1 saturated carbocycles. The predicted octanol–water partition coefficient (Wildman–Crippen LogP) is 4.36. The third-order valence-corrected chi connectivity index (χ3v) is 4.83. The number of rotatable bonds is 5. The Labute approximate surface area is 146 Å². The lowest BCUT2D eigenvalue weighted by Gasteiger charge is -2.24. The van der Waals surface area contributed by atoms with Crippen molar-refractivity contribution in [2.75, 3.05) is 13.2 Å². The molecule has 1 aliphatic carbocycles. The van der Waals surface area contributed by atoms with Crippen LogP contribution in [0.2, 0.25) is 0 Å². The van der Waals surface area contributed by atoms with Crippen molar-refractivity contribution in [3.05, 3.63) is 27.3 Å². The van der Waals surface area contributed by atoms with Gasteiger partial charge in [0.25, 0.3) is 5.56 Å². The monoisotopic (exact) mass is 348 g/mol. The van der Waals surface area contributed by atoms with Gasteiger partial charge in [0.15, 0.2) is 16.3 Å². The van der Waals surface area contributed by atoms with Crippen LogP contribution in [0.3, 0.4) is 0 Å². The molecule has 0 bridgehead atoms. The minimum atomic E-state index is -0.0374. The topological polar surface area (TPSA) is 56.2 Å². The van der Waals surface area contributed by atoms with Crippen molar-refractivity contribution in [1.29, 1.82) is 0 Å². The van der Waals surface area contributed by atoms with Crippen LogP contribution in [0.4, 0.5) is 0 Å². The van der Waals surface area contributed by atoms with E-state index in [0.717, 1.165) is 25.7 Å². The molecule has 1 N–H and O–H groups in total. The molecule has 0 radical (unpaired) electrons. The summed E-state index contributed by atoms with van der Waals surface area (Å²) in [5.41, 5.74) is 0.661. The van der Waals surface area contributed by atoms with Gasteiger partial charge in [-0.05, 0) is 45.0 Å². The summed E-state index contributed by atoms with van der Waals surface area (Å²) in [6, 6.07) is 3.78. The zero-order valence-electron chi connectivity index (χ0n) is 14.3. The van der Waals surface area contributed by atoms with E-state index in [0.29, 0.717) is 40.4 Å². The Hall–Kier alpha value is -1.82. The Bertz CT molecular complexity index is 834. The molecule has 0 atom stereocenters. The van der Waals surface area contributed by atoms with Crippen molar-refractivity contribution in [1.82, 2.24) is 9.55 Å². The zero-order chi connectivity index (χ0) is 17.1. The van der Waals surface area contributed by atoms with Gasteiger partial charge in [0, 0.05) is 12.1 Å². The molecule has 130 valence electrons. The van der Waals surface area contributed by atoms with E-state index in [2.05, 4.69) is 4.98 Å². The van der Waals surface area contributed by atoms with Crippen LogP contribution in [-0.2, 0) is 0 Å². The van der Waals surface area contributed by atoms with Crippen LogP contribution in [0.5, 0.6) is 11.5 Å². The average molecular weight is 348 g/mol. The second kappa shape index (κ2) is 7.38. The van der Waals surface area contributed by atoms with Crippen LogP contribution in [0.1, 0.15) is 52.0 Å². The smallest absolute Gasteiger partial charge is 0.262 e. The summed E-state index contributed by atoms with van der Waals surface area (Å²) in [6.07, 6.45) is 5.56. The summed E-state index contributed by atoms with van der Waals surface area (Å²) in [4.78, 5) is 16.3. The van der Waals surface area contributed by atoms with Gasteiger partial charge in [0.05, 0.1) is 24.1 Å². The van der Waals surface area contributed by atoms with Gasteiger partial charge >= 0.3 is 0 Å². The molecule has 0 saturated heterocycles. The Balaban J connectivity index is 2.17. The number of benzene rings is 1. The number of fused-ring (bicyclic) bond motifs is 1. The zero-order valence-corrected chi connectivity index (χ0v) is 15.1. The molecule has 1 aromatic heterocycles. The molecule has 0 spiro atoms. The Kier molecular flexibility index (Phi) is 5.23. The van der Waals surface area contributed by atoms with Crippen molar-refractivity contribution in [2.45, 2.75) is 52.0 Å². The fraction of sp³-hybridized carbons (Fsp3) is 0.556. The molecule has 5 nitrogen and oxygen atoms in total. The third-order valence-electron chi connectivity index (χ3n) is 4.53. The molecule has 1 aromatic carbocycles. The van der Waals surface area contributed by atoms with Gasteiger partial charge in [-0.2, -0.15) is 0 Å². The third kappa shape index (κ3) is 3.20. The summed E-state index contributed by atoms with van der Waals surface area (Å²) in [5, 5.41) is 0.598. The number of aromatic amines is 1. The number of hydrogen-bond acceptors (Lipinski definition) is 4. The summed E-state index contributed by atoms with van der Waals surface area (Å²) in [5.74, 6) is 1.23. The molecule has 0 amide bonds. The predicted molar refractivity (Wildman–Crippen MR) is 97.9 cm³/mol. The summed E-state index contributed by atoms with van der Waals surface area (Å²) in [6.45, 7) is 4.89. The Morgan fingerprint density at radius 3 is 2.38 bits per heavy atom. The van der Waals surface area contributed by atoms with E-state index >= 15 is 0 Å². The number of hydrogen-bond donors (Lipinski definition) is 1. The van der Waals surface area contributed by atoms with E-state index in [9.17, 15) is 4.79 Å². The molecule has 0 aliphatic heterocycles. The highest BCUT2D eigenvalue weighted by atomic mass is 32.1. The fourth-order valence-corrected chi connectivity index (χ4v) is 3.79. The highest BCUT2D eigenvalue weighted by Gasteiger charge is 2.20. The summed E-state index contributed by atoms with van der Waals surface area (Å²) in [7, 11) is 0. The molecule has 1 heterocycles. The van der Waals surface area contributed by atoms with Gasteiger partial charge in [-0.1, -0.05) is 19.3 Å². The standard InChI is InChI=1S/C18H24N2O3S/c1-3-22-15-10-13-14(11-16(15)23-4-2)19-18(24)20(17(13)21)12-8-6-5-7-9-12/h10-12H,3-9H2,1-2H3,(H,19,24). The molecular formula is C18H24N2O3S. The van der Waals surface area contributed by atoms with Gasteiger partial charge in [-0.15, -0.1) is 0 Å². The maximum absolute atomic E-state index is 13.1. The van der Waals surface area contributed by atoms with E-state index in [-0.39, 0.29) is 11.6 Å². The molecule has 6 heteroatoms. The van der Waals surface area contributed by atoms with Crippen LogP contribution in [0.25, 0.3) is 10.9 Å². The SMILES string of the molecule is CCOc1cc2[nH]c(=S)n(C3CCCCC3)c(=O)c2cc1OCC. The van der Waals surface area contributed by atoms with Gasteiger partial charge in [-0.25, -0.2) is 0 Å². The van der Waals surface area contributed by atoms with Crippen molar-refractivity contribution in [3.8, 4) is 11.5 Å². The number of nitrogens with one attached hydrogen (secondary N) is 1. The van der Waals surface area contributed by atoms with E-state index in [4.69, 9.17) is 21.7 Å². The lowest BCUT2D eigenvalue weighted by molar-refractivity contribution is 0.288.